The average molecular weight is 204 g/mol. The Balaban J connectivity index is 2.46. The molecule has 0 aliphatic carbocycles. The molecule has 0 radical (unpaired) electrons. The molecule has 6 nitrogen and oxygen atoms in total. The van der Waals surface area contributed by atoms with Crippen LogP contribution in [0.3, 0.4) is 0 Å². The summed E-state index contributed by atoms with van der Waals surface area (Å²) in [5.41, 5.74) is 6.07. The molecule has 0 atom stereocenters. The first-order valence-electron chi connectivity index (χ1n) is 4.18. The first-order chi connectivity index (χ1) is 7.18. The fourth-order valence-electron chi connectivity index (χ4n) is 1.16. The molecule has 6 heteroatoms. The van der Waals surface area contributed by atoms with Crippen LogP contribution < -0.4 is 5.73 Å². The molecule has 0 amide bonds. The molecule has 0 fully saturated rings. The summed E-state index contributed by atoms with van der Waals surface area (Å²) in [4.78, 5) is 14.6. The van der Waals surface area contributed by atoms with E-state index in [1.165, 1.54) is 16.9 Å². The summed E-state index contributed by atoms with van der Waals surface area (Å²) in [6, 6.07) is 4.75. The highest BCUT2D eigenvalue weighted by Gasteiger charge is 2.09. The molecule has 15 heavy (non-hydrogen) atoms. The van der Waals surface area contributed by atoms with Crippen molar-refractivity contribution in [2.45, 2.75) is 0 Å². The van der Waals surface area contributed by atoms with Crippen LogP contribution in [0.4, 0.5) is 5.69 Å². The summed E-state index contributed by atoms with van der Waals surface area (Å²) >= 11 is 0. The van der Waals surface area contributed by atoms with E-state index in [1.54, 1.807) is 18.3 Å². The molecular formula is C9H8N4O2. The molecule has 0 aliphatic rings. The number of pyridine rings is 1. The Morgan fingerprint density at radius 3 is 2.87 bits per heavy atom. The predicted octanol–water partition coefficient (Wildman–Crippen LogP) is 0.548. The minimum Gasteiger partial charge on any atom is -0.476 e. The second-order valence-corrected chi connectivity index (χ2v) is 2.87. The molecule has 2 heterocycles. The van der Waals surface area contributed by atoms with Crippen molar-refractivity contribution in [3.05, 3.63) is 36.3 Å². The zero-order valence-electron chi connectivity index (χ0n) is 7.66. The summed E-state index contributed by atoms with van der Waals surface area (Å²) in [5.74, 6) is -0.659. The van der Waals surface area contributed by atoms with Crippen molar-refractivity contribution in [1.82, 2.24) is 14.8 Å². The average Bonchev–Trinajstić information content (AvgIpc) is 2.67. The van der Waals surface area contributed by atoms with Crippen LogP contribution >= 0.6 is 0 Å². The standard InChI is InChI=1S/C9H8N4O2/c10-6-2-1-4-11-8(6)13-5-3-7(12-13)9(14)15/h1-5H,10H2,(H,14,15). The van der Waals surface area contributed by atoms with Crippen LogP contribution in [-0.2, 0) is 0 Å². The van der Waals surface area contributed by atoms with Crippen LogP contribution in [0, 0.1) is 0 Å². The van der Waals surface area contributed by atoms with Gasteiger partial charge >= 0.3 is 5.97 Å². The van der Waals surface area contributed by atoms with Gasteiger partial charge in [-0.1, -0.05) is 0 Å². The lowest BCUT2D eigenvalue weighted by Crippen LogP contribution is -2.05. The lowest BCUT2D eigenvalue weighted by molar-refractivity contribution is 0.0690. The number of carboxylic acids is 1. The fraction of sp³-hybridized carbons (Fsp3) is 0. The zero-order chi connectivity index (χ0) is 10.8. The first-order valence-corrected chi connectivity index (χ1v) is 4.18. The normalized spacial score (nSPS) is 10.1. The highest BCUT2D eigenvalue weighted by atomic mass is 16.4. The van der Waals surface area contributed by atoms with Crippen molar-refractivity contribution in [2.75, 3.05) is 5.73 Å². The van der Waals surface area contributed by atoms with Gasteiger partial charge < -0.3 is 10.8 Å². The maximum absolute atomic E-state index is 10.6. The van der Waals surface area contributed by atoms with Gasteiger partial charge in [-0.2, -0.15) is 5.10 Å². The molecule has 2 aromatic heterocycles. The SMILES string of the molecule is Nc1cccnc1-n1ccc(C(=O)O)n1. The van der Waals surface area contributed by atoms with Crippen molar-refractivity contribution in [3.63, 3.8) is 0 Å². The van der Waals surface area contributed by atoms with Crippen LogP contribution in [0.2, 0.25) is 0 Å². The van der Waals surface area contributed by atoms with E-state index in [2.05, 4.69) is 10.1 Å². The number of nitrogens with two attached hydrogens (primary N) is 1. The van der Waals surface area contributed by atoms with Crippen molar-refractivity contribution in [1.29, 1.82) is 0 Å². The van der Waals surface area contributed by atoms with E-state index in [-0.39, 0.29) is 5.69 Å². The summed E-state index contributed by atoms with van der Waals surface area (Å²) in [6.45, 7) is 0. The number of rotatable bonds is 2. The van der Waals surface area contributed by atoms with E-state index < -0.39 is 5.97 Å². The third-order valence-electron chi connectivity index (χ3n) is 1.84. The van der Waals surface area contributed by atoms with E-state index in [1.807, 2.05) is 0 Å². The number of aromatic carboxylic acids is 1. The van der Waals surface area contributed by atoms with Crippen molar-refractivity contribution < 1.29 is 9.90 Å². The van der Waals surface area contributed by atoms with Crippen LogP contribution in [0.1, 0.15) is 10.5 Å². The van der Waals surface area contributed by atoms with Crippen LogP contribution in [-0.4, -0.2) is 25.8 Å². The van der Waals surface area contributed by atoms with Crippen LogP contribution in [0.25, 0.3) is 5.82 Å². The Morgan fingerprint density at radius 2 is 2.27 bits per heavy atom. The minimum atomic E-state index is -1.08. The van der Waals surface area contributed by atoms with Crippen molar-refractivity contribution >= 4 is 11.7 Å². The second-order valence-electron chi connectivity index (χ2n) is 2.87. The van der Waals surface area contributed by atoms with Gasteiger partial charge in [0.1, 0.15) is 0 Å². The van der Waals surface area contributed by atoms with E-state index in [4.69, 9.17) is 10.8 Å². The Morgan fingerprint density at radius 1 is 1.47 bits per heavy atom. The number of nitrogen functional groups attached to an aromatic ring is 1. The van der Waals surface area contributed by atoms with Gasteiger partial charge in [-0.05, 0) is 18.2 Å². The number of nitrogens with zero attached hydrogens (tertiary/aromatic N) is 3. The van der Waals surface area contributed by atoms with Gasteiger partial charge in [0.15, 0.2) is 11.5 Å². The minimum absolute atomic E-state index is 0.0416. The van der Waals surface area contributed by atoms with E-state index in [9.17, 15) is 4.79 Å². The molecule has 76 valence electrons. The Kier molecular flexibility index (Phi) is 2.09. The topological polar surface area (TPSA) is 94.0 Å². The number of carboxylic acid groups (broad SMARTS) is 1. The summed E-state index contributed by atoms with van der Waals surface area (Å²) in [5, 5.41) is 12.5. The molecule has 3 N–H and O–H groups in total. The van der Waals surface area contributed by atoms with Gasteiger partial charge in [0.2, 0.25) is 0 Å². The van der Waals surface area contributed by atoms with Gasteiger partial charge in [-0.3, -0.25) is 0 Å². The smallest absolute Gasteiger partial charge is 0.356 e. The third kappa shape index (κ3) is 1.64. The highest BCUT2D eigenvalue weighted by molar-refractivity contribution is 5.85. The first kappa shape index (κ1) is 9.20. The number of hydrogen-bond donors (Lipinski definition) is 2. The molecule has 0 saturated heterocycles. The molecule has 0 spiro atoms. The molecule has 0 aliphatic heterocycles. The lowest BCUT2D eigenvalue weighted by Gasteiger charge is -2.02. The van der Waals surface area contributed by atoms with Crippen LogP contribution in [0.5, 0.6) is 0 Å². The largest absolute Gasteiger partial charge is 0.476 e. The second kappa shape index (κ2) is 3.41. The fourth-order valence-corrected chi connectivity index (χ4v) is 1.16. The van der Waals surface area contributed by atoms with Gasteiger partial charge in [0.25, 0.3) is 0 Å². The highest BCUT2D eigenvalue weighted by Crippen LogP contribution is 2.12. The van der Waals surface area contributed by atoms with Gasteiger partial charge in [-0.25, -0.2) is 14.5 Å². The Bertz CT molecular complexity index is 506. The summed E-state index contributed by atoms with van der Waals surface area (Å²) in [6.07, 6.45) is 3.07. The van der Waals surface area contributed by atoms with Gasteiger partial charge in [0, 0.05) is 12.4 Å². The Hall–Kier alpha value is -2.37. The van der Waals surface area contributed by atoms with Crippen molar-refractivity contribution in [3.8, 4) is 5.82 Å². The van der Waals surface area contributed by atoms with Crippen molar-refractivity contribution in [2.24, 2.45) is 0 Å². The Labute approximate surface area is 85.0 Å². The predicted molar refractivity (Wildman–Crippen MR) is 52.7 cm³/mol. The molecule has 0 bridgehead atoms. The molecule has 0 aromatic carbocycles. The quantitative estimate of drug-likeness (QED) is 0.744. The van der Waals surface area contributed by atoms with E-state index >= 15 is 0 Å². The number of carbonyl (C=O) groups is 1. The maximum atomic E-state index is 10.6. The molecule has 0 unspecified atom stereocenters. The zero-order valence-corrected chi connectivity index (χ0v) is 7.66. The summed E-state index contributed by atoms with van der Waals surface area (Å²) < 4.78 is 1.33. The molecule has 0 saturated carbocycles. The number of aromatic nitrogens is 3. The van der Waals surface area contributed by atoms with Gasteiger partial charge in [-0.15, -0.1) is 0 Å². The summed E-state index contributed by atoms with van der Waals surface area (Å²) in [7, 11) is 0. The molecular weight excluding hydrogens is 196 g/mol. The lowest BCUT2D eigenvalue weighted by atomic mass is 10.4. The van der Waals surface area contributed by atoms with E-state index in [0.29, 0.717) is 11.5 Å². The van der Waals surface area contributed by atoms with Gasteiger partial charge in [0.05, 0.1) is 5.69 Å². The van der Waals surface area contributed by atoms with E-state index in [0.717, 1.165) is 0 Å². The number of anilines is 1. The van der Waals surface area contributed by atoms with Crippen LogP contribution in [0.15, 0.2) is 30.6 Å². The molecule has 2 rings (SSSR count). The maximum Gasteiger partial charge on any atom is 0.356 e. The number of hydrogen-bond acceptors (Lipinski definition) is 4. The monoisotopic (exact) mass is 204 g/mol. The third-order valence-corrected chi connectivity index (χ3v) is 1.84. The molecule has 2 aromatic rings.